The number of aromatic nitrogens is 1. The monoisotopic (exact) mass is 295 g/mol. The van der Waals surface area contributed by atoms with Crippen LogP contribution in [0.2, 0.25) is 0 Å². The minimum Gasteiger partial charge on any atom is -0.507 e. The molecule has 2 N–H and O–H groups in total. The molecule has 3 rings (SSSR count). The number of hydrogen-bond donors (Lipinski definition) is 2. The first-order chi connectivity index (χ1) is 10.6. The maximum absolute atomic E-state index is 11.1. The highest BCUT2D eigenvalue weighted by Crippen LogP contribution is 2.32. The molecule has 110 valence electrons. The number of nitrogens with zero attached hydrogens (tertiary/aromatic N) is 1. The van der Waals surface area contributed by atoms with Gasteiger partial charge in [0, 0.05) is 11.6 Å². The first-order valence-electron chi connectivity index (χ1n) is 6.67. The van der Waals surface area contributed by atoms with E-state index in [4.69, 9.17) is 9.84 Å². The molecule has 0 atom stereocenters. The van der Waals surface area contributed by atoms with Gasteiger partial charge in [-0.2, -0.15) is 0 Å². The number of aromatic carboxylic acids is 1. The normalized spacial score (nSPS) is 10.5. The molecule has 0 aliphatic rings. The van der Waals surface area contributed by atoms with Crippen LogP contribution in [0.1, 0.15) is 16.1 Å². The Kier molecular flexibility index (Phi) is 3.62. The lowest BCUT2D eigenvalue weighted by atomic mass is 10.1. The second kappa shape index (κ2) is 5.73. The van der Waals surface area contributed by atoms with E-state index in [1.807, 2.05) is 18.2 Å². The van der Waals surface area contributed by atoms with E-state index in [0.717, 1.165) is 5.69 Å². The number of hydrogen-bond acceptors (Lipinski definition) is 4. The molecular weight excluding hydrogens is 282 g/mol. The molecule has 1 heterocycles. The molecule has 0 unspecified atom stereocenters. The molecule has 0 fully saturated rings. The number of carboxylic acids is 1. The molecule has 0 saturated heterocycles. The fourth-order valence-electron chi connectivity index (χ4n) is 2.22. The molecule has 5 nitrogen and oxygen atoms in total. The lowest BCUT2D eigenvalue weighted by Crippen LogP contribution is -1.99. The standard InChI is InChI=1S/C17H13NO4/c19-15-9-13-11(8-14(15)17(20)21)4-3-6-16(13)22-10-12-5-1-2-7-18-12/h1-9,19H,10H2,(H,20,21). The summed E-state index contributed by atoms with van der Waals surface area (Å²) < 4.78 is 5.74. The van der Waals surface area contributed by atoms with Crippen molar-refractivity contribution in [3.63, 3.8) is 0 Å². The van der Waals surface area contributed by atoms with E-state index in [1.54, 1.807) is 24.4 Å². The van der Waals surface area contributed by atoms with Gasteiger partial charge in [0.25, 0.3) is 0 Å². The van der Waals surface area contributed by atoms with Crippen molar-refractivity contribution >= 4 is 16.7 Å². The lowest BCUT2D eigenvalue weighted by molar-refractivity contribution is 0.0694. The van der Waals surface area contributed by atoms with Crippen LogP contribution in [0.25, 0.3) is 10.8 Å². The third-order valence-corrected chi connectivity index (χ3v) is 3.29. The average Bonchev–Trinajstić information content (AvgIpc) is 2.53. The number of ether oxygens (including phenoxy) is 1. The summed E-state index contributed by atoms with van der Waals surface area (Å²) in [7, 11) is 0. The van der Waals surface area contributed by atoms with Crippen LogP contribution in [0.3, 0.4) is 0 Å². The van der Waals surface area contributed by atoms with Crippen LogP contribution in [0.4, 0.5) is 0 Å². The highest BCUT2D eigenvalue weighted by atomic mass is 16.5. The molecule has 5 heteroatoms. The zero-order chi connectivity index (χ0) is 15.5. The van der Waals surface area contributed by atoms with Gasteiger partial charge < -0.3 is 14.9 Å². The Morgan fingerprint density at radius 1 is 1.14 bits per heavy atom. The fraction of sp³-hybridized carbons (Fsp3) is 0.0588. The van der Waals surface area contributed by atoms with Gasteiger partial charge in [-0.1, -0.05) is 18.2 Å². The number of benzene rings is 2. The Labute approximate surface area is 126 Å². The summed E-state index contributed by atoms with van der Waals surface area (Å²) in [6.45, 7) is 0.293. The minimum absolute atomic E-state index is 0.130. The van der Waals surface area contributed by atoms with E-state index < -0.39 is 5.97 Å². The fourth-order valence-corrected chi connectivity index (χ4v) is 2.22. The number of aromatic hydroxyl groups is 1. The summed E-state index contributed by atoms with van der Waals surface area (Å²) in [6, 6.07) is 13.7. The van der Waals surface area contributed by atoms with Crippen molar-refractivity contribution < 1.29 is 19.7 Å². The summed E-state index contributed by atoms with van der Waals surface area (Å²) >= 11 is 0. The van der Waals surface area contributed by atoms with E-state index in [1.165, 1.54) is 12.1 Å². The first kappa shape index (κ1) is 13.9. The molecule has 0 radical (unpaired) electrons. The van der Waals surface area contributed by atoms with Gasteiger partial charge in [-0.05, 0) is 35.7 Å². The van der Waals surface area contributed by atoms with Crippen molar-refractivity contribution in [2.75, 3.05) is 0 Å². The van der Waals surface area contributed by atoms with Crippen LogP contribution in [0.5, 0.6) is 11.5 Å². The van der Waals surface area contributed by atoms with Crippen LogP contribution < -0.4 is 4.74 Å². The van der Waals surface area contributed by atoms with Gasteiger partial charge >= 0.3 is 5.97 Å². The van der Waals surface area contributed by atoms with Gasteiger partial charge in [0.05, 0.1) is 5.69 Å². The summed E-state index contributed by atoms with van der Waals surface area (Å²) in [4.78, 5) is 15.2. The van der Waals surface area contributed by atoms with Crippen molar-refractivity contribution in [2.45, 2.75) is 6.61 Å². The molecule has 0 spiro atoms. The van der Waals surface area contributed by atoms with E-state index in [9.17, 15) is 9.90 Å². The Bertz CT molecular complexity index is 831. The molecule has 2 aromatic carbocycles. The average molecular weight is 295 g/mol. The largest absolute Gasteiger partial charge is 0.507 e. The molecule has 22 heavy (non-hydrogen) atoms. The van der Waals surface area contributed by atoms with Crippen LogP contribution in [0, 0.1) is 0 Å². The smallest absolute Gasteiger partial charge is 0.339 e. The van der Waals surface area contributed by atoms with E-state index in [0.29, 0.717) is 23.1 Å². The zero-order valence-electron chi connectivity index (χ0n) is 11.6. The topological polar surface area (TPSA) is 79.7 Å². The van der Waals surface area contributed by atoms with Crippen LogP contribution >= 0.6 is 0 Å². The number of carboxylic acid groups (broad SMARTS) is 1. The highest BCUT2D eigenvalue weighted by molar-refractivity contribution is 5.99. The van der Waals surface area contributed by atoms with Gasteiger partial charge in [0.15, 0.2) is 0 Å². The number of pyridine rings is 1. The van der Waals surface area contributed by atoms with Gasteiger partial charge in [-0.3, -0.25) is 4.98 Å². The predicted molar refractivity (Wildman–Crippen MR) is 81.1 cm³/mol. The third kappa shape index (κ3) is 2.69. The lowest BCUT2D eigenvalue weighted by Gasteiger charge is -2.10. The summed E-state index contributed by atoms with van der Waals surface area (Å²) in [5, 5.41) is 20.2. The summed E-state index contributed by atoms with van der Waals surface area (Å²) in [5.74, 6) is -0.886. The number of fused-ring (bicyclic) bond motifs is 1. The quantitative estimate of drug-likeness (QED) is 0.772. The van der Waals surface area contributed by atoms with Gasteiger partial charge in [0.1, 0.15) is 23.7 Å². The maximum atomic E-state index is 11.1. The number of rotatable bonds is 4. The first-order valence-corrected chi connectivity index (χ1v) is 6.67. The van der Waals surface area contributed by atoms with Crippen molar-refractivity contribution in [3.05, 3.63) is 66.0 Å². The molecule has 0 saturated carbocycles. The highest BCUT2D eigenvalue weighted by Gasteiger charge is 2.13. The van der Waals surface area contributed by atoms with Crippen molar-refractivity contribution in [1.29, 1.82) is 0 Å². The maximum Gasteiger partial charge on any atom is 0.339 e. The molecule has 3 aromatic rings. The van der Waals surface area contributed by atoms with Crippen molar-refractivity contribution in [2.24, 2.45) is 0 Å². The van der Waals surface area contributed by atoms with Crippen LogP contribution in [0.15, 0.2) is 54.7 Å². The van der Waals surface area contributed by atoms with E-state index in [-0.39, 0.29) is 11.3 Å². The van der Waals surface area contributed by atoms with Gasteiger partial charge in [-0.15, -0.1) is 0 Å². The Hall–Kier alpha value is -3.08. The number of carbonyl (C=O) groups is 1. The summed E-state index contributed by atoms with van der Waals surface area (Å²) in [5.41, 5.74) is 0.653. The third-order valence-electron chi connectivity index (χ3n) is 3.29. The molecule has 0 aliphatic carbocycles. The van der Waals surface area contributed by atoms with Crippen molar-refractivity contribution in [3.8, 4) is 11.5 Å². The van der Waals surface area contributed by atoms with E-state index >= 15 is 0 Å². The predicted octanol–water partition coefficient (Wildman–Crippen LogP) is 3.22. The zero-order valence-corrected chi connectivity index (χ0v) is 11.6. The minimum atomic E-state index is -1.17. The van der Waals surface area contributed by atoms with Gasteiger partial charge in [0.2, 0.25) is 0 Å². The second-order valence-corrected chi connectivity index (χ2v) is 4.76. The molecule has 0 amide bonds. The molecule has 1 aromatic heterocycles. The SMILES string of the molecule is O=C(O)c1cc2cccc(OCc3ccccn3)c2cc1O. The Balaban J connectivity index is 1.96. The summed E-state index contributed by atoms with van der Waals surface area (Å²) in [6.07, 6.45) is 1.69. The van der Waals surface area contributed by atoms with Crippen LogP contribution in [-0.4, -0.2) is 21.2 Å². The van der Waals surface area contributed by atoms with Crippen molar-refractivity contribution in [1.82, 2.24) is 4.98 Å². The molecule has 0 bridgehead atoms. The number of phenols is 1. The molecular formula is C17H13NO4. The second-order valence-electron chi connectivity index (χ2n) is 4.76. The van der Waals surface area contributed by atoms with Gasteiger partial charge in [-0.25, -0.2) is 4.79 Å². The Morgan fingerprint density at radius 2 is 2.00 bits per heavy atom. The Morgan fingerprint density at radius 3 is 2.73 bits per heavy atom. The van der Waals surface area contributed by atoms with E-state index in [2.05, 4.69) is 4.98 Å². The van der Waals surface area contributed by atoms with Crippen LogP contribution in [-0.2, 0) is 6.61 Å². The molecule has 0 aliphatic heterocycles.